The first-order valence-corrected chi connectivity index (χ1v) is 8.30. The lowest BCUT2D eigenvalue weighted by Crippen LogP contribution is -1.99. The van der Waals surface area contributed by atoms with Crippen LogP contribution in [0.15, 0.2) is 40.5 Å². The quantitative estimate of drug-likeness (QED) is 0.510. The highest BCUT2D eigenvalue weighted by atomic mass is 14.7. The van der Waals surface area contributed by atoms with Gasteiger partial charge in [-0.25, -0.2) is 0 Å². The molecule has 116 valence electrons. The smallest absolute Gasteiger partial charge is 0.0391 e. The van der Waals surface area contributed by atoms with Gasteiger partial charge in [-0.1, -0.05) is 56.5 Å². The highest BCUT2D eigenvalue weighted by Gasteiger charge is 2.08. The Balaban J connectivity index is 2.73. The summed E-state index contributed by atoms with van der Waals surface area (Å²) in [6.45, 7) is 11.1. The summed E-state index contributed by atoms with van der Waals surface area (Å²) in [5, 5.41) is 0. The molecule has 0 aliphatic carbocycles. The molecule has 0 saturated heterocycles. The molecule has 0 amide bonds. The highest BCUT2D eigenvalue weighted by molar-refractivity contribution is 5.55. The molecule has 0 aliphatic heterocycles. The predicted molar refractivity (Wildman–Crippen MR) is 95.1 cm³/mol. The van der Waals surface area contributed by atoms with Gasteiger partial charge < -0.3 is 0 Å². The first-order chi connectivity index (χ1) is 10.1. The minimum absolute atomic E-state index is 0.724. The maximum absolute atomic E-state index is 4.64. The summed E-state index contributed by atoms with van der Waals surface area (Å²) < 4.78 is 0. The number of benzene rings is 1. The van der Waals surface area contributed by atoms with E-state index in [4.69, 9.17) is 0 Å². The van der Waals surface area contributed by atoms with Gasteiger partial charge in [0, 0.05) is 11.9 Å². The molecule has 0 bridgehead atoms. The molecule has 1 aromatic carbocycles. The zero-order valence-electron chi connectivity index (χ0n) is 14.4. The zero-order valence-corrected chi connectivity index (χ0v) is 14.4. The van der Waals surface area contributed by atoms with Crippen LogP contribution in [-0.2, 0) is 6.42 Å². The van der Waals surface area contributed by atoms with Gasteiger partial charge in [0.05, 0.1) is 0 Å². The van der Waals surface area contributed by atoms with Crippen LogP contribution in [0.3, 0.4) is 0 Å². The largest absolute Gasteiger partial charge is 0.266 e. The van der Waals surface area contributed by atoms with Crippen LogP contribution < -0.4 is 0 Å². The van der Waals surface area contributed by atoms with E-state index in [1.165, 1.54) is 35.2 Å². The SMILES string of the molecule is CC=N/C(C[C@@H](C)CCC)=C(\C)CCc1ccccc1C. The Morgan fingerprint density at radius 2 is 2.00 bits per heavy atom. The number of nitrogens with zero attached hydrogens (tertiary/aromatic N) is 1. The van der Waals surface area contributed by atoms with E-state index < -0.39 is 0 Å². The standard InChI is InChI=1S/C20H31N/c1-6-10-16(3)15-20(21-7-2)18(5)13-14-19-12-9-8-11-17(19)4/h7-9,11-12,16H,6,10,13-15H2,1-5H3/b20-18+,21-7?/t16-/m0/s1. The van der Waals surface area contributed by atoms with E-state index in [0.717, 1.165) is 25.2 Å². The van der Waals surface area contributed by atoms with E-state index >= 15 is 0 Å². The molecule has 0 fully saturated rings. The van der Waals surface area contributed by atoms with Crippen molar-refractivity contribution in [2.24, 2.45) is 10.9 Å². The lowest BCUT2D eigenvalue weighted by atomic mass is 9.95. The van der Waals surface area contributed by atoms with Crippen molar-refractivity contribution in [3.05, 3.63) is 46.7 Å². The minimum atomic E-state index is 0.724. The molecule has 1 aromatic rings. The van der Waals surface area contributed by atoms with Gasteiger partial charge in [0.2, 0.25) is 0 Å². The van der Waals surface area contributed by atoms with Crippen LogP contribution in [0, 0.1) is 12.8 Å². The Bertz CT molecular complexity index is 482. The molecular formula is C20H31N. The van der Waals surface area contributed by atoms with E-state index in [2.05, 4.69) is 57.0 Å². The lowest BCUT2D eigenvalue weighted by Gasteiger charge is -2.14. The fourth-order valence-corrected chi connectivity index (χ4v) is 2.77. The summed E-state index contributed by atoms with van der Waals surface area (Å²) in [6.07, 6.45) is 7.81. The molecule has 0 heterocycles. The Labute approximate surface area is 131 Å². The minimum Gasteiger partial charge on any atom is -0.266 e. The summed E-state index contributed by atoms with van der Waals surface area (Å²) >= 11 is 0. The number of rotatable bonds is 8. The van der Waals surface area contributed by atoms with Crippen LogP contribution in [-0.4, -0.2) is 6.21 Å². The van der Waals surface area contributed by atoms with E-state index in [0.29, 0.717) is 0 Å². The van der Waals surface area contributed by atoms with Crippen molar-refractivity contribution >= 4 is 6.21 Å². The molecule has 1 atom stereocenters. The second kappa shape index (κ2) is 9.55. The summed E-state index contributed by atoms with van der Waals surface area (Å²) in [7, 11) is 0. The Kier molecular flexibility index (Phi) is 8.04. The average Bonchev–Trinajstić information content (AvgIpc) is 2.46. The van der Waals surface area contributed by atoms with Crippen molar-refractivity contribution in [3.63, 3.8) is 0 Å². The van der Waals surface area contributed by atoms with Crippen LogP contribution in [0.5, 0.6) is 0 Å². The van der Waals surface area contributed by atoms with Gasteiger partial charge in [-0.05, 0) is 57.1 Å². The highest BCUT2D eigenvalue weighted by Crippen LogP contribution is 2.23. The fourth-order valence-electron chi connectivity index (χ4n) is 2.77. The fraction of sp³-hybridized carbons (Fsp3) is 0.550. The summed E-state index contributed by atoms with van der Waals surface area (Å²) in [6, 6.07) is 8.68. The third kappa shape index (κ3) is 6.29. The van der Waals surface area contributed by atoms with Crippen molar-refractivity contribution in [2.45, 2.75) is 66.7 Å². The first kappa shape index (κ1) is 17.7. The van der Waals surface area contributed by atoms with E-state index in [9.17, 15) is 0 Å². The van der Waals surface area contributed by atoms with Gasteiger partial charge in [0.15, 0.2) is 0 Å². The van der Waals surface area contributed by atoms with Crippen LogP contribution in [0.25, 0.3) is 0 Å². The third-order valence-corrected chi connectivity index (χ3v) is 4.13. The predicted octanol–water partition coefficient (Wildman–Crippen LogP) is 6.12. The number of hydrogen-bond acceptors (Lipinski definition) is 1. The van der Waals surface area contributed by atoms with E-state index in [-0.39, 0.29) is 0 Å². The maximum Gasteiger partial charge on any atom is 0.0391 e. The molecule has 21 heavy (non-hydrogen) atoms. The molecule has 0 spiro atoms. The first-order valence-electron chi connectivity index (χ1n) is 8.30. The maximum atomic E-state index is 4.64. The van der Waals surface area contributed by atoms with Gasteiger partial charge in [0.25, 0.3) is 0 Å². The van der Waals surface area contributed by atoms with Gasteiger partial charge in [-0.2, -0.15) is 0 Å². The molecule has 0 radical (unpaired) electrons. The van der Waals surface area contributed by atoms with E-state index in [1.54, 1.807) is 0 Å². The number of aliphatic imine (C=N–C) groups is 1. The molecule has 0 saturated carbocycles. The Morgan fingerprint density at radius 1 is 1.29 bits per heavy atom. The molecule has 1 nitrogen and oxygen atoms in total. The van der Waals surface area contributed by atoms with Crippen molar-refractivity contribution in [1.29, 1.82) is 0 Å². The van der Waals surface area contributed by atoms with Crippen molar-refractivity contribution in [2.75, 3.05) is 0 Å². The average molecular weight is 285 g/mol. The van der Waals surface area contributed by atoms with Gasteiger partial charge >= 0.3 is 0 Å². The second-order valence-electron chi connectivity index (χ2n) is 6.14. The number of aryl methyl sites for hydroxylation is 2. The van der Waals surface area contributed by atoms with Crippen LogP contribution in [0.4, 0.5) is 0 Å². The monoisotopic (exact) mass is 285 g/mol. The normalized spacial score (nSPS) is 14.3. The topological polar surface area (TPSA) is 12.4 Å². The van der Waals surface area contributed by atoms with Gasteiger partial charge in [0.1, 0.15) is 0 Å². The lowest BCUT2D eigenvalue weighted by molar-refractivity contribution is 0.515. The second-order valence-corrected chi connectivity index (χ2v) is 6.14. The van der Waals surface area contributed by atoms with Crippen LogP contribution >= 0.6 is 0 Å². The van der Waals surface area contributed by atoms with Crippen LogP contribution in [0.1, 0.15) is 64.5 Å². The van der Waals surface area contributed by atoms with Crippen molar-refractivity contribution in [1.82, 2.24) is 0 Å². The summed E-state index contributed by atoms with van der Waals surface area (Å²) in [5.41, 5.74) is 5.59. The molecule has 0 aromatic heterocycles. The summed E-state index contributed by atoms with van der Waals surface area (Å²) in [5.74, 6) is 0.724. The van der Waals surface area contributed by atoms with E-state index in [1.807, 2.05) is 13.1 Å². The Morgan fingerprint density at radius 3 is 2.62 bits per heavy atom. The number of hydrogen-bond donors (Lipinski definition) is 0. The molecule has 0 unspecified atom stereocenters. The van der Waals surface area contributed by atoms with Gasteiger partial charge in [-0.3, -0.25) is 4.99 Å². The molecule has 1 heteroatoms. The van der Waals surface area contributed by atoms with Crippen molar-refractivity contribution in [3.8, 4) is 0 Å². The molecule has 1 rings (SSSR count). The molecule has 0 aliphatic rings. The molecular weight excluding hydrogens is 254 g/mol. The zero-order chi connectivity index (χ0) is 15.7. The van der Waals surface area contributed by atoms with Crippen LogP contribution in [0.2, 0.25) is 0 Å². The van der Waals surface area contributed by atoms with Gasteiger partial charge in [-0.15, -0.1) is 0 Å². The molecule has 0 N–H and O–H groups in total. The number of allylic oxidation sites excluding steroid dienone is 2. The Hall–Kier alpha value is -1.37. The van der Waals surface area contributed by atoms with Crippen molar-refractivity contribution < 1.29 is 0 Å². The summed E-state index contributed by atoms with van der Waals surface area (Å²) in [4.78, 5) is 4.64. The third-order valence-electron chi connectivity index (χ3n) is 4.13.